The molecule has 1 heterocycles. The number of hydrogen-bond acceptors (Lipinski definition) is 4. The number of aromatic nitrogens is 1. The zero-order valence-corrected chi connectivity index (χ0v) is 13.6. The third-order valence-electron chi connectivity index (χ3n) is 2.65. The SMILES string of the molecule is O=C(O)c1ccc(S(=O)(=O)Cc2cncc(Br)c2)cc1Cl. The number of carboxylic acid groups (broad SMARTS) is 1. The van der Waals surface area contributed by atoms with E-state index in [9.17, 15) is 13.2 Å². The minimum atomic E-state index is -3.63. The molecular formula is C13H9BrClNO4S. The molecule has 0 radical (unpaired) electrons. The highest BCUT2D eigenvalue weighted by atomic mass is 79.9. The van der Waals surface area contributed by atoms with Gasteiger partial charge in [-0.2, -0.15) is 0 Å². The molecule has 0 saturated heterocycles. The first-order valence-corrected chi connectivity index (χ1v) is 8.47. The van der Waals surface area contributed by atoms with Gasteiger partial charge in [0.2, 0.25) is 0 Å². The maximum Gasteiger partial charge on any atom is 0.337 e. The van der Waals surface area contributed by atoms with Crippen LogP contribution in [-0.4, -0.2) is 24.5 Å². The summed E-state index contributed by atoms with van der Waals surface area (Å²) < 4.78 is 25.3. The molecule has 110 valence electrons. The van der Waals surface area contributed by atoms with E-state index >= 15 is 0 Å². The average Bonchev–Trinajstić information content (AvgIpc) is 2.37. The number of rotatable bonds is 4. The van der Waals surface area contributed by atoms with E-state index in [0.29, 0.717) is 10.0 Å². The lowest BCUT2D eigenvalue weighted by atomic mass is 10.2. The minimum absolute atomic E-state index is 0.0301. The molecule has 8 heteroatoms. The number of sulfone groups is 1. The molecule has 0 amide bonds. The summed E-state index contributed by atoms with van der Waals surface area (Å²) in [6.45, 7) is 0. The van der Waals surface area contributed by atoms with Crippen LogP contribution >= 0.6 is 27.5 Å². The van der Waals surface area contributed by atoms with E-state index in [1.54, 1.807) is 12.3 Å². The number of carbonyl (C=O) groups is 1. The van der Waals surface area contributed by atoms with Crippen molar-refractivity contribution in [2.75, 3.05) is 0 Å². The van der Waals surface area contributed by atoms with Crippen molar-refractivity contribution in [1.82, 2.24) is 4.98 Å². The van der Waals surface area contributed by atoms with Crippen LogP contribution < -0.4 is 0 Å². The molecule has 0 aliphatic carbocycles. The maximum atomic E-state index is 12.3. The average molecular weight is 391 g/mol. The summed E-state index contributed by atoms with van der Waals surface area (Å²) in [5, 5.41) is 8.76. The lowest BCUT2D eigenvalue weighted by molar-refractivity contribution is 0.0697. The van der Waals surface area contributed by atoms with E-state index < -0.39 is 15.8 Å². The first-order valence-electron chi connectivity index (χ1n) is 5.64. The second-order valence-electron chi connectivity index (χ2n) is 4.22. The normalized spacial score (nSPS) is 11.3. The standard InChI is InChI=1S/C13H9BrClNO4S/c14-9-3-8(5-16-6-9)7-21(19,20)10-1-2-11(13(17)18)12(15)4-10/h1-6H,7H2,(H,17,18). The molecule has 2 rings (SSSR count). The van der Waals surface area contributed by atoms with Crippen LogP contribution in [0.15, 0.2) is 46.0 Å². The van der Waals surface area contributed by atoms with E-state index in [0.717, 1.165) is 6.07 Å². The predicted octanol–water partition coefficient (Wildman–Crippen LogP) is 3.17. The molecule has 21 heavy (non-hydrogen) atoms. The minimum Gasteiger partial charge on any atom is -0.478 e. The Bertz CT molecular complexity index is 808. The van der Waals surface area contributed by atoms with Crippen LogP contribution in [0.3, 0.4) is 0 Å². The van der Waals surface area contributed by atoms with Crippen molar-refractivity contribution in [3.05, 3.63) is 57.3 Å². The highest BCUT2D eigenvalue weighted by Gasteiger charge is 2.19. The van der Waals surface area contributed by atoms with Crippen molar-refractivity contribution >= 4 is 43.3 Å². The molecule has 0 spiro atoms. The topological polar surface area (TPSA) is 84.3 Å². The van der Waals surface area contributed by atoms with Crippen LogP contribution in [-0.2, 0) is 15.6 Å². The molecule has 1 aromatic carbocycles. The van der Waals surface area contributed by atoms with E-state index in [-0.39, 0.29) is 21.2 Å². The summed E-state index contributed by atoms with van der Waals surface area (Å²) in [6.07, 6.45) is 3.00. The van der Waals surface area contributed by atoms with Gasteiger partial charge in [-0.15, -0.1) is 0 Å². The number of carboxylic acids is 1. The quantitative estimate of drug-likeness (QED) is 0.867. The van der Waals surface area contributed by atoms with Gasteiger partial charge in [0.25, 0.3) is 0 Å². The number of pyridine rings is 1. The Morgan fingerprint density at radius 1 is 1.29 bits per heavy atom. The van der Waals surface area contributed by atoms with Crippen LogP contribution in [0.4, 0.5) is 0 Å². The fourth-order valence-electron chi connectivity index (χ4n) is 1.70. The monoisotopic (exact) mass is 389 g/mol. The number of halogens is 2. The van der Waals surface area contributed by atoms with Gasteiger partial charge in [-0.3, -0.25) is 4.98 Å². The summed E-state index contributed by atoms with van der Waals surface area (Å²) in [5.74, 6) is -1.46. The second kappa shape index (κ2) is 6.13. The first kappa shape index (κ1) is 15.9. The van der Waals surface area contributed by atoms with Crippen LogP contribution in [0.5, 0.6) is 0 Å². The van der Waals surface area contributed by atoms with Crippen molar-refractivity contribution in [1.29, 1.82) is 0 Å². The van der Waals surface area contributed by atoms with Crippen LogP contribution in [0, 0.1) is 0 Å². The highest BCUT2D eigenvalue weighted by Crippen LogP contribution is 2.24. The molecule has 0 atom stereocenters. The molecule has 0 bridgehead atoms. The first-order chi connectivity index (χ1) is 9.79. The van der Waals surface area contributed by atoms with E-state index in [1.807, 2.05) is 0 Å². The van der Waals surface area contributed by atoms with Gasteiger partial charge in [0.05, 0.1) is 21.2 Å². The zero-order valence-electron chi connectivity index (χ0n) is 10.5. The van der Waals surface area contributed by atoms with Gasteiger partial charge >= 0.3 is 5.97 Å². The van der Waals surface area contributed by atoms with Crippen molar-refractivity contribution in [2.24, 2.45) is 0 Å². The van der Waals surface area contributed by atoms with Gasteiger partial charge in [0.1, 0.15) is 0 Å². The third kappa shape index (κ3) is 3.81. The summed E-state index contributed by atoms with van der Waals surface area (Å²) in [5.41, 5.74) is 0.377. The summed E-state index contributed by atoms with van der Waals surface area (Å²) in [7, 11) is -3.63. The van der Waals surface area contributed by atoms with Crippen LogP contribution in [0.25, 0.3) is 0 Å². The van der Waals surface area contributed by atoms with Crippen molar-refractivity contribution in [2.45, 2.75) is 10.6 Å². The third-order valence-corrected chi connectivity index (χ3v) is 5.08. The number of aromatic carboxylic acids is 1. The Kier molecular flexibility index (Phi) is 4.65. The summed E-state index contributed by atoms with van der Waals surface area (Å²) >= 11 is 9.01. The number of nitrogens with zero attached hydrogens (tertiary/aromatic N) is 1. The van der Waals surface area contributed by atoms with Crippen LogP contribution in [0.1, 0.15) is 15.9 Å². The molecule has 5 nitrogen and oxygen atoms in total. The Morgan fingerprint density at radius 2 is 2.00 bits per heavy atom. The lowest BCUT2D eigenvalue weighted by Crippen LogP contribution is -2.07. The summed E-state index contributed by atoms with van der Waals surface area (Å²) in [6, 6.07) is 5.20. The highest BCUT2D eigenvalue weighted by molar-refractivity contribution is 9.10. The molecule has 0 aliphatic rings. The maximum absolute atomic E-state index is 12.3. The van der Waals surface area contributed by atoms with Gasteiger partial charge < -0.3 is 5.11 Å². The van der Waals surface area contributed by atoms with Gasteiger partial charge in [-0.05, 0) is 45.8 Å². The largest absolute Gasteiger partial charge is 0.478 e. The van der Waals surface area contributed by atoms with Crippen molar-refractivity contribution in [3.63, 3.8) is 0 Å². The molecule has 0 fully saturated rings. The Morgan fingerprint density at radius 3 is 2.57 bits per heavy atom. The molecule has 0 unspecified atom stereocenters. The van der Waals surface area contributed by atoms with E-state index in [2.05, 4.69) is 20.9 Å². The predicted molar refractivity (Wildman–Crippen MR) is 81.2 cm³/mol. The van der Waals surface area contributed by atoms with Gasteiger partial charge in [-0.1, -0.05) is 11.6 Å². The van der Waals surface area contributed by atoms with E-state index in [4.69, 9.17) is 16.7 Å². The van der Waals surface area contributed by atoms with Crippen molar-refractivity contribution < 1.29 is 18.3 Å². The molecule has 0 saturated carbocycles. The van der Waals surface area contributed by atoms with Gasteiger partial charge in [0.15, 0.2) is 9.84 Å². The zero-order chi connectivity index (χ0) is 15.6. The smallest absolute Gasteiger partial charge is 0.337 e. The van der Waals surface area contributed by atoms with Gasteiger partial charge in [0, 0.05) is 16.9 Å². The molecular weight excluding hydrogens is 382 g/mol. The van der Waals surface area contributed by atoms with Gasteiger partial charge in [-0.25, -0.2) is 13.2 Å². The van der Waals surface area contributed by atoms with Crippen molar-refractivity contribution in [3.8, 4) is 0 Å². The Labute approximate surface area is 134 Å². The number of benzene rings is 1. The molecule has 1 N–H and O–H groups in total. The molecule has 1 aromatic heterocycles. The second-order valence-corrected chi connectivity index (χ2v) is 7.53. The molecule has 0 aliphatic heterocycles. The lowest BCUT2D eigenvalue weighted by Gasteiger charge is -2.07. The van der Waals surface area contributed by atoms with Crippen LogP contribution in [0.2, 0.25) is 5.02 Å². The molecule has 2 aromatic rings. The number of hydrogen-bond donors (Lipinski definition) is 1. The fraction of sp³-hybridized carbons (Fsp3) is 0.0769. The Balaban J connectivity index is 2.36. The Hall–Kier alpha value is -1.44. The summed E-state index contributed by atoms with van der Waals surface area (Å²) in [4.78, 5) is 14.7. The van der Waals surface area contributed by atoms with E-state index in [1.165, 1.54) is 18.3 Å². The fourth-order valence-corrected chi connectivity index (χ4v) is 3.77.